The number of pyridine rings is 1. The van der Waals surface area contributed by atoms with Crippen molar-refractivity contribution in [3.8, 4) is 11.5 Å². The fourth-order valence-corrected chi connectivity index (χ4v) is 4.10. The summed E-state index contributed by atoms with van der Waals surface area (Å²) >= 11 is 0. The minimum atomic E-state index is -0.443. The molecule has 0 aliphatic carbocycles. The van der Waals surface area contributed by atoms with Crippen LogP contribution in [-0.2, 0) is 11.3 Å². The van der Waals surface area contributed by atoms with Gasteiger partial charge in [0.05, 0.1) is 26.0 Å². The lowest BCUT2D eigenvalue weighted by Gasteiger charge is -2.38. The van der Waals surface area contributed by atoms with Gasteiger partial charge in [-0.05, 0) is 55.1 Å². The van der Waals surface area contributed by atoms with E-state index >= 15 is 0 Å². The van der Waals surface area contributed by atoms with E-state index in [9.17, 15) is 4.79 Å². The molecule has 1 fully saturated rings. The number of methoxy groups -OCH3 is 2. The Morgan fingerprint density at radius 3 is 2.61 bits per heavy atom. The smallest absolute Gasteiger partial charge is 0.225 e. The van der Waals surface area contributed by atoms with Gasteiger partial charge in [-0.2, -0.15) is 0 Å². The molecule has 2 atom stereocenters. The van der Waals surface area contributed by atoms with Gasteiger partial charge in [0.2, 0.25) is 5.91 Å². The second-order valence-electron chi connectivity index (χ2n) is 9.28. The zero-order chi connectivity index (χ0) is 22.4. The lowest BCUT2D eigenvalue weighted by atomic mass is 9.86. The summed E-state index contributed by atoms with van der Waals surface area (Å²) in [6, 6.07) is 11.9. The maximum absolute atomic E-state index is 12.8. The van der Waals surface area contributed by atoms with Crippen molar-refractivity contribution in [3.63, 3.8) is 0 Å². The number of likely N-dealkylation sites (tertiary alicyclic amines) is 1. The molecule has 168 valence electrons. The largest absolute Gasteiger partial charge is 0.493 e. The molecule has 1 aliphatic heterocycles. The molecule has 0 radical (unpaired) electrons. The normalized spacial score (nSPS) is 18.3. The summed E-state index contributed by atoms with van der Waals surface area (Å²) in [5, 5.41) is 3.30. The van der Waals surface area contributed by atoms with Gasteiger partial charge in [-0.1, -0.05) is 32.9 Å². The average Bonchev–Trinajstić information content (AvgIpc) is 2.77. The fraction of sp³-hybridized carbons (Fsp3) is 0.520. The number of carbonyl (C=O) groups excluding carboxylic acids is 1. The van der Waals surface area contributed by atoms with Crippen LogP contribution in [0.5, 0.6) is 11.5 Å². The third-order valence-corrected chi connectivity index (χ3v) is 5.84. The highest BCUT2D eigenvalue weighted by atomic mass is 16.5. The highest BCUT2D eigenvalue weighted by molar-refractivity contribution is 5.81. The molecule has 6 nitrogen and oxygen atoms in total. The van der Waals surface area contributed by atoms with E-state index in [2.05, 4.69) is 21.3 Å². The Bertz CT molecular complexity index is 864. The highest BCUT2D eigenvalue weighted by Crippen LogP contribution is 2.32. The molecule has 1 saturated heterocycles. The molecule has 2 heterocycles. The van der Waals surface area contributed by atoms with E-state index in [1.807, 2.05) is 51.1 Å². The molecule has 2 aromatic rings. The van der Waals surface area contributed by atoms with Gasteiger partial charge in [0, 0.05) is 24.7 Å². The third-order valence-electron chi connectivity index (χ3n) is 5.84. The second-order valence-corrected chi connectivity index (χ2v) is 9.28. The Morgan fingerprint density at radius 1 is 1.19 bits per heavy atom. The number of piperidine rings is 1. The van der Waals surface area contributed by atoms with Crippen LogP contribution in [0.25, 0.3) is 0 Å². The van der Waals surface area contributed by atoms with Crippen LogP contribution in [-0.4, -0.2) is 43.1 Å². The zero-order valence-electron chi connectivity index (χ0n) is 19.4. The molecule has 31 heavy (non-hydrogen) atoms. The Balaban J connectivity index is 1.76. The monoisotopic (exact) mass is 425 g/mol. The van der Waals surface area contributed by atoms with Crippen molar-refractivity contribution < 1.29 is 14.3 Å². The van der Waals surface area contributed by atoms with Crippen molar-refractivity contribution >= 4 is 5.91 Å². The summed E-state index contributed by atoms with van der Waals surface area (Å²) in [6.45, 7) is 8.61. The molecule has 0 spiro atoms. The van der Waals surface area contributed by atoms with Crippen LogP contribution < -0.4 is 14.8 Å². The number of nitrogens with zero attached hydrogens (tertiary/aromatic N) is 2. The number of hydrogen-bond donors (Lipinski definition) is 1. The SMILES string of the molecule is COc1ccc(CN2CCCC(C(NC(=O)C(C)(C)C)c3ccccn3)C2)cc1OC. The lowest BCUT2D eigenvalue weighted by molar-refractivity contribution is -0.130. The van der Waals surface area contributed by atoms with Crippen LogP contribution in [0.3, 0.4) is 0 Å². The number of ether oxygens (including phenoxy) is 2. The first-order valence-corrected chi connectivity index (χ1v) is 11.0. The van der Waals surface area contributed by atoms with Crippen LogP contribution in [0.2, 0.25) is 0 Å². The Kier molecular flexibility index (Phi) is 7.55. The van der Waals surface area contributed by atoms with Crippen molar-refractivity contribution in [2.24, 2.45) is 11.3 Å². The summed E-state index contributed by atoms with van der Waals surface area (Å²) in [6.07, 6.45) is 3.95. The lowest BCUT2D eigenvalue weighted by Crippen LogP contribution is -2.45. The second kappa shape index (κ2) is 10.1. The van der Waals surface area contributed by atoms with Gasteiger partial charge in [-0.15, -0.1) is 0 Å². The first kappa shape index (κ1) is 23.1. The van der Waals surface area contributed by atoms with Crippen molar-refractivity contribution in [2.45, 2.75) is 46.2 Å². The summed E-state index contributed by atoms with van der Waals surface area (Å²) < 4.78 is 10.8. The van der Waals surface area contributed by atoms with E-state index in [0.29, 0.717) is 5.92 Å². The van der Waals surface area contributed by atoms with E-state index < -0.39 is 5.41 Å². The summed E-state index contributed by atoms with van der Waals surface area (Å²) in [4.78, 5) is 19.8. The molecule has 1 amide bonds. The Labute approximate surface area is 186 Å². The molecule has 6 heteroatoms. The topological polar surface area (TPSA) is 63.7 Å². The highest BCUT2D eigenvalue weighted by Gasteiger charge is 2.33. The summed E-state index contributed by atoms with van der Waals surface area (Å²) in [5.74, 6) is 1.84. The van der Waals surface area contributed by atoms with Crippen molar-refractivity contribution in [3.05, 3.63) is 53.9 Å². The quantitative estimate of drug-likeness (QED) is 0.720. The molecule has 0 saturated carbocycles. The molecule has 1 aromatic carbocycles. The van der Waals surface area contributed by atoms with Gasteiger partial charge < -0.3 is 14.8 Å². The zero-order valence-corrected chi connectivity index (χ0v) is 19.4. The van der Waals surface area contributed by atoms with Crippen LogP contribution in [0.15, 0.2) is 42.6 Å². The number of rotatable bonds is 7. The van der Waals surface area contributed by atoms with E-state index in [1.165, 1.54) is 5.56 Å². The number of hydrogen-bond acceptors (Lipinski definition) is 5. The number of amides is 1. The molecule has 3 rings (SSSR count). The van der Waals surface area contributed by atoms with Crippen molar-refractivity contribution in [1.29, 1.82) is 0 Å². The van der Waals surface area contributed by atoms with Crippen LogP contribution in [0.4, 0.5) is 0 Å². The van der Waals surface area contributed by atoms with Gasteiger partial charge in [0.15, 0.2) is 11.5 Å². The van der Waals surface area contributed by atoms with E-state index in [0.717, 1.165) is 49.7 Å². The number of benzene rings is 1. The number of nitrogens with one attached hydrogen (secondary N) is 1. The van der Waals surface area contributed by atoms with E-state index in [1.54, 1.807) is 20.4 Å². The predicted molar refractivity (Wildman–Crippen MR) is 122 cm³/mol. The van der Waals surface area contributed by atoms with Gasteiger partial charge in [0.1, 0.15) is 0 Å². The van der Waals surface area contributed by atoms with E-state index in [4.69, 9.17) is 9.47 Å². The maximum atomic E-state index is 12.8. The molecule has 2 unspecified atom stereocenters. The first-order chi connectivity index (χ1) is 14.8. The number of aromatic nitrogens is 1. The first-order valence-electron chi connectivity index (χ1n) is 11.0. The van der Waals surface area contributed by atoms with Crippen molar-refractivity contribution in [1.82, 2.24) is 15.2 Å². The van der Waals surface area contributed by atoms with Gasteiger partial charge >= 0.3 is 0 Å². The molecule has 1 aliphatic rings. The maximum Gasteiger partial charge on any atom is 0.225 e. The van der Waals surface area contributed by atoms with Crippen molar-refractivity contribution in [2.75, 3.05) is 27.3 Å². The summed E-state index contributed by atoms with van der Waals surface area (Å²) in [5.41, 5.74) is 1.67. The summed E-state index contributed by atoms with van der Waals surface area (Å²) in [7, 11) is 3.31. The van der Waals surface area contributed by atoms with Gasteiger partial charge in [-0.25, -0.2) is 0 Å². The molecule has 0 bridgehead atoms. The standard InChI is InChI=1S/C25H35N3O3/c1-25(2,3)24(29)27-23(20-10-6-7-13-26-20)19-9-8-14-28(17-19)16-18-11-12-21(30-4)22(15-18)31-5/h6-7,10-13,15,19,23H,8-9,14,16-17H2,1-5H3,(H,27,29). The Hall–Kier alpha value is -2.60. The predicted octanol–water partition coefficient (Wildman–Crippen LogP) is 4.21. The average molecular weight is 426 g/mol. The van der Waals surface area contributed by atoms with Crippen LogP contribution in [0.1, 0.15) is 50.9 Å². The molecule has 1 aromatic heterocycles. The van der Waals surface area contributed by atoms with Gasteiger partial charge in [-0.3, -0.25) is 14.7 Å². The minimum absolute atomic E-state index is 0.0557. The number of carbonyl (C=O) groups is 1. The molecule has 1 N–H and O–H groups in total. The Morgan fingerprint density at radius 2 is 1.97 bits per heavy atom. The third kappa shape index (κ3) is 5.97. The fourth-order valence-electron chi connectivity index (χ4n) is 4.10. The van der Waals surface area contributed by atoms with Crippen LogP contribution in [0, 0.1) is 11.3 Å². The molecular weight excluding hydrogens is 390 g/mol. The molecular formula is C25H35N3O3. The van der Waals surface area contributed by atoms with Gasteiger partial charge in [0.25, 0.3) is 0 Å². The van der Waals surface area contributed by atoms with Crippen LogP contribution >= 0.6 is 0 Å². The van der Waals surface area contributed by atoms with E-state index in [-0.39, 0.29) is 11.9 Å². The minimum Gasteiger partial charge on any atom is -0.493 e.